The van der Waals surface area contributed by atoms with Gasteiger partial charge >= 0.3 is 0 Å². The molecule has 1 saturated heterocycles. The van der Waals surface area contributed by atoms with Gasteiger partial charge in [0.25, 0.3) is 0 Å². The zero-order valence-corrected chi connectivity index (χ0v) is 23.4. The second kappa shape index (κ2) is 11.7. The second-order valence-corrected chi connectivity index (χ2v) is 11.7. The SMILES string of the molecule is CS(=O)(=O)N1CCN(CCOc2ccc3c(c2)C(=O)C(c2ccc(F)c(F)c2)=C3c2ccc(Cl)cc2)CC1.Cl. The maximum absolute atomic E-state index is 14.1. The molecule has 0 amide bonds. The normalized spacial score (nSPS) is 16.3. The number of rotatable bonds is 7. The lowest BCUT2D eigenvalue weighted by molar-refractivity contribution is 0.105. The van der Waals surface area contributed by atoms with Gasteiger partial charge in [-0.15, -0.1) is 12.4 Å². The zero-order chi connectivity index (χ0) is 27.0. The van der Waals surface area contributed by atoms with Crippen LogP contribution in [0.3, 0.4) is 0 Å². The monoisotopic (exact) mass is 594 g/mol. The minimum absolute atomic E-state index is 0. The minimum atomic E-state index is -3.19. The number of hydrogen-bond acceptors (Lipinski definition) is 5. The molecule has 1 heterocycles. The summed E-state index contributed by atoms with van der Waals surface area (Å²) in [5.41, 5.74) is 2.98. The first-order valence-corrected chi connectivity index (χ1v) is 14.3. The number of allylic oxidation sites excluding steroid dienone is 1. The molecule has 39 heavy (non-hydrogen) atoms. The third-order valence-corrected chi connectivity index (χ3v) is 8.35. The van der Waals surface area contributed by atoms with Crippen LogP contribution in [0.25, 0.3) is 11.1 Å². The van der Waals surface area contributed by atoms with E-state index in [-0.39, 0.29) is 29.3 Å². The average Bonchev–Trinajstić information content (AvgIpc) is 3.18. The molecule has 0 aromatic heterocycles. The van der Waals surface area contributed by atoms with Crippen molar-refractivity contribution in [3.8, 4) is 5.75 Å². The van der Waals surface area contributed by atoms with E-state index in [1.165, 1.54) is 16.6 Å². The molecular formula is C28H26Cl2F2N2O4S. The van der Waals surface area contributed by atoms with Crippen LogP contribution in [0.1, 0.15) is 27.0 Å². The molecule has 2 aliphatic rings. The molecule has 1 aliphatic carbocycles. The van der Waals surface area contributed by atoms with Gasteiger partial charge in [0, 0.05) is 54.5 Å². The fourth-order valence-corrected chi connectivity index (χ4v) is 5.78. The molecule has 0 atom stereocenters. The number of carbonyl (C=O) groups is 1. The van der Waals surface area contributed by atoms with Crippen LogP contribution >= 0.6 is 24.0 Å². The number of Topliss-reactive ketones (excluding diaryl/α,β-unsaturated/α-hetero) is 1. The van der Waals surface area contributed by atoms with Crippen LogP contribution in [-0.4, -0.2) is 69.0 Å². The molecule has 1 aliphatic heterocycles. The van der Waals surface area contributed by atoms with Crippen molar-refractivity contribution < 1.29 is 26.7 Å². The summed E-state index contributed by atoms with van der Waals surface area (Å²) in [5, 5.41) is 0.537. The summed E-state index contributed by atoms with van der Waals surface area (Å²) in [7, 11) is -3.19. The molecular weight excluding hydrogens is 569 g/mol. The van der Waals surface area contributed by atoms with E-state index in [0.717, 1.165) is 17.7 Å². The molecule has 0 N–H and O–H groups in total. The lowest BCUT2D eigenvalue weighted by Gasteiger charge is -2.33. The van der Waals surface area contributed by atoms with E-state index in [0.29, 0.717) is 66.8 Å². The second-order valence-electron chi connectivity index (χ2n) is 9.27. The Morgan fingerprint density at radius 2 is 1.51 bits per heavy atom. The van der Waals surface area contributed by atoms with E-state index in [1.54, 1.807) is 42.5 Å². The molecule has 0 bridgehead atoms. The van der Waals surface area contributed by atoms with E-state index in [9.17, 15) is 22.0 Å². The first-order chi connectivity index (χ1) is 18.1. The highest BCUT2D eigenvalue weighted by atomic mass is 35.5. The number of benzene rings is 3. The maximum atomic E-state index is 14.1. The molecule has 0 radical (unpaired) electrons. The standard InChI is InChI=1S/C28H25ClF2N2O4S.ClH/c1-38(35,36)33-12-10-32(11-13-33)14-15-37-21-7-8-22-23(17-21)28(34)27(19-4-9-24(30)25(31)16-19)26(22)18-2-5-20(29)6-3-18;/h2-9,16-17H,10-15H2,1H3;1H. The molecule has 0 spiro atoms. The summed E-state index contributed by atoms with van der Waals surface area (Å²) < 4.78 is 58.6. The summed E-state index contributed by atoms with van der Waals surface area (Å²) in [5.74, 6) is -1.82. The van der Waals surface area contributed by atoms with Gasteiger partial charge in [-0.05, 0) is 59.2 Å². The third kappa shape index (κ3) is 6.18. The Balaban J connectivity index is 0.00000353. The van der Waals surface area contributed by atoms with Crippen molar-refractivity contribution in [1.82, 2.24) is 9.21 Å². The molecule has 0 saturated carbocycles. The van der Waals surface area contributed by atoms with Crippen molar-refractivity contribution in [2.24, 2.45) is 0 Å². The molecule has 6 nitrogen and oxygen atoms in total. The molecule has 3 aromatic carbocycles. The van der Waals surface area contributed by atoms with Gasteiger partial charge in [-0.25, -0.2) is 17.2 Å². The Hall–Kier alpha value is -2.82. The number of ether oxygens (including phenoxy) is 1. The Bertz CT molecular complexity index is 1540. The highest BCUT2D eigenvalue weighted by Crippen LogP contribution is 2.43. The Morgan fingerprint density at radius 1 is 0.846 bits per heavy atom. The molecule has 5 rings (SSSR count). The maximum Gasteiger partial charge on any atom is 0.211 e. The highest BCUT2D eigenvalue weighted by molar-refractivity contribution is 7.88. The number of piperazine rings is 1. The Labute approximate surface area is 237 Å². The lowest BCUT2D eigenvalue weighted by atomic mass is 9.94. The number of hydrogen-bond donors (Lipinski definition) is 0. The first-order valence-electron chi connectivity index (χ1n) is 12.1. The van der Waals surface area contributed by atoms with Crippen molar-refractivity contribution in [3.05, 3.63) is 99.6 Å². The smallest absolute Gasteiger partial charge is 0.211 e. The summed E-state index contributed by atoms with van der Waals surface area (Å²) in [6, 6.07) is 15.7. The molecule has 206 valence electrons. The minimum Gasteiger partial charge on any atom is -0.492 e. The van der Waals surface area contributed by atoms with Gasteiger partial charge in [0.2, 0.25) is 10.0 Å². The number of sulfonamides is 1. The van der Waals surface area contributed by atoms with Gasteiger partial charge in [0.1, 0.15) is 12.4 Å². The van der Waals surface area contributed by atoms with Crippen LogP contribution < -0.4 is 4.74 Å². The number of nitrogens with zero attached hydrogens (tertiary/aromatic N) is 2. The zero-order valence-electron chi connectivity index (χ0n) is 21.0. The van der Waals surface area contributed by atoms with E-state index < -0.39 is 21.7 Å². The van der Waals surface area contributed by atoms with Crippen LogP contribution in [0.2, 0.25) is 5.02 Å². The average molecular weight is 595 g/mol. The van der Waals surface area contributed by atoms with Crippen molar-refractivity contribution in [3.63, 3.8) is 0 Å². The number of fused-ring (bicyclic) bond motifs is 1. The largest absolute Gasteiger partial charge is 0.492 e. The fraction of sp³-hybridized carbons (Fsp3) is 0.250. The summed E-state index contributed by atoms with van der Waals surface area (Å²) in [4.78, 5) is 15.7. The first kappa shape index (κ1) is 29.2. The van der Waals surface area contributed by atoms with Crippen LogP contribution in [0.5, 0.6) is 5.75 Å². The van der Waals surface area contributed by atoms with Crippen molar-refractivity contribution in [1.29, 1.82) is 0 Å². The van der Waals surface area contributed by atoms with Crippen molar-refractivity contribution >= 4 is 51.0 Å². The summed E-state index contributed by atoms with van der Waals surface area (Å²) in [6.07, 6.45) is 1.21. The Morgan fingerprint density at radius 3 is 2.15 bits per heavy atom. The van der Waals surface area contributed by atoms with Gasteiger partial charge in [0.15, 0.2) is 17.4 Å². The number of halogens is 4. The quantitative estimate of drug-likeness (QED) is 0.378. The highest BCUT2D eigenvalue weighted by Gasteiger charge is 2.32. The van der Waals surface area contributed by atoms with Gasteiger partial charge in [-0.2, -0.15) is 4.31 Å². The predicted molar refractivity (Wildman–Crippen MR) is 150 cm³/mol. The Kier molecular flexibility index (Phi) is 8.78. The van der Waals surface area contributed by atoms with Crippen LogP contribution in [0, 0.1) is 11.6 Å². The van der Waals surface area contributed by atoms with Crippen LogP contribution in [0.15, 0.2) is 60.7 Å². The number of carbonyl (C=O) groups excluding carboxylic acids is 1. The number of ketones is 1. The van der Waals surface area contributed by atoms with Crippen LogP contribution in [-0.2, 0) is 10.0 Å². The van der Waals surface area contributed by atoms with Crippen LogP contribution in [0.4, 0.5) is 8.78 Å². The molecule has 11 heteroatoms. The molecule has 3 aromatic rings. The fourth-order valence-electron chi connectivity index (χ4n) is 4.82. The van der Waals surface area contributed by atoms with Gasteiger partial charge in [-0.1, -0.05) is 29.8 Å². The van der Waals surface area contributed by atoms with Gasteiger partial charge in [-0.3, -0.25) is 9.69 Å². The van der Waals surface area contributed by atoms with E-state index in [2.05, 4.69) is 4.90 Å². The van der Waals surface area contributed by atoms with E-state index in [1.807, 2.05) is 0 Å². The molecule has 1 fully saturated rings. The summed E-state index contributed by atoms with van der Waals surface area (Å²) in [6.45, 7) is 3.09. The van der Waals surface area contributed by atoms with Crippen molar-refractivity contribution in [2.75, 3.05) is 45.6 Å². The van der Waals surface area contributed by atoms with E-state index >= 15 is 0 Å². The van der Waals surface area contributed by atoms with Gasteiger partial charge in [0.05, 0.1) is 6.26 Å². The third-order valence-electron chi connectivity index (χ3n) is 6.80. The van der Waals surface area contributed by atoms with Crippen molar-refractivity contribution in [2.45, 2.75) is 0 Å². The topological polar surface area (TPSA) is 66.9 Å². The molecule has 0 unspecified atom stereocenters. The van der Waals surface area contributed by atoms with E-state index in [4.69, 9.17) is 16.3 Å². The lowest BCUT2D eigenvalue weighted by Crippen LogP contribution is -2.49. The summed E-state index contributed by atoms with van der Waals surface area (Å²) >= 11 is 6.07. The predicted octanol–water partition coefficient (Wildman–Crippen LogP) is 5.15. The van der Waals surface area contributed by atoms with Gasteiger partial charge < -0.3 is 4.74 Å².